The Balaban J connectivity index is 1.87. The smallest absolute Gasteiger partial charge is 0.330 e. The first-order valence-corrected chi connectivity index (χ1v) is 9.25. The van der Waals surface area contributed by atoms with Gasteiger partial charge in [0.2, 0.25) is 0 Å². The average Bonchev–Trinajstić information content (AvgIpc) is 2.59. The monoisotopic (exact) mass is 332 g/mol. The van der Waals surface area contributed by atoms with Crippen molar-refractivity contribution in [1.29, 1.82) is 0 Å². The Morgan fingerprint density at radius 1 is 1.23 bits per heavy atom. The van der Waals surface area contributed by atoms with Crippen molar-refractivity contribution in [3.63, 3.8) is 0 Å². The van der Waals surface area contributed by atoms with Gasteiger partial charge in [-0.2, -0.15) is 0 Å². The van der Waals surface area contributed by atoms with Gasteiger partial charge >= 0.3 is 5.97 Å². The Morgan fingerprint density at radius 2 is 2.00 bits per heavy atom. The van der Waals surface area contributed by atoms with Crippen LogP contribution in [-0.2, 0) is 9.53 Å². The minimum absolute atomic E-state index is 0.128. The van der Waals surface area contributed by atoms with Crippen LogP contribution in [0.4, 0.5) is 0 Å². The predicted octanol–water partition coefficient (Wildman–Crippen LogP) is 4.84. The number of hydrogen-bond donors (Lipinski definition) is 0. The molecule has 0 spiro atoms. The Labute approximate surface area is 140 Å². The third-order valence-electron chi connectivity index (χ3n) is 3.03. The van der Waals surface area contributed by atoms with E-state index in [2.05, 4.69) is 36.9 Å². The van der Waals surface area contributed by atoms with Gasteiger partial charge in [-0.25, -0.2) is 4.79 Å². The molecule has 4 heteroatoms. The first-order chi connectivity index (χ1) is 10.8. The highest BCUT2D eigenvalue weighted by atomic mass is 32.2. The number of carbonyl (C=O) groups is 1. The lowest BCUT2D eigenvalue weighted by molar-refractivity contribution is -0.140. The van der Waals surface area contributed by atoms with Crippen LogP contribution in [0.15, 0.2) is 71.0 Å². The van der Waals surface area contributed by atoms with E-state index >= 15 is 0 Å². The van der Waals surface area contributed by atoms with Crippen molar-refractivity contribution < 1.29 is 9.53 Å². The molecule has 0 aromatic heterocycles. The molecule has 1 unspecified atom stereocenters. The summed E-state index contributed by atoms with van der Waals surface area (Å²) in [6.45, 7) is 3.47. The van der Waals surface area contributed by atoms with Crippen LogP contribution in [-0.4, -0.2) is 23.6 Å². The van der Waals surface area contributed by atoms with Gasteiger partial charge in [0, 0.05) is 27.4 Å². The number of hydrogen-bond acceptors (Lipinski definition) is 4. The summed E-state index contributed by atoms with van der Waals surface area (Å²) in [5, 5.41) is 0. The summed E-state index contributed by atoms with van der Waals surface area (Å²) in [7, 11) is 0. The molecule has 0 N–H and O–H groups in total. The van der Waals surface area contributed by atoms with E-state index in [0.29, 0.717) is 0 Å². The fourth-order valence-corrected chi connectivity index (χ4v) is 3.98. The molecule has 116 valence electrons. The van der Waals surface area contributed by atoms with Gasteiger partial charge in [-0.15, -0.1) is 23.5 Å². The molecule has 1 aromatic rings. The van der Waals surface area contributed by atoms with Crippen molar-refractivity contribution in [3.8, 4) is 0 Å². The second-order valence-electron chi connectivity index (χ2n) is 4.78. The first-order valence-electron chi connectivity index (χ1n) is 7.28. The van der Waals surface area contributed by atoms with E-state index in [-0.39, 0.29) is 12.1 Å². The third-order valence-corrected chi connectivity index (χ3v) is 5.34. The molecule has 0 saturated carbocycles. The molecule has 0 heterocycles. The fraction of sp³-hybridized carbons (Fsp3) is 0.278. The molecule has 1 aliphatic rings. The van der Waals surface area contributed by atoms with Crippen LogP contribution >= 0.6 is 23.5 Å². The maximum absolute atomic E-state index is 11.5. The van der Waals surface area contributed by atoms with Crippen molar-refractivity contribution in [2.75, 3.05) is 11.5 Å². The van der Waals surface area contributed by atoms with Crippen LogP contribution in [0.3, 0.4) is 0 Å². The molecule has 0 radical (unpaired) electrons. The molecular weight excluding hydrogens is 312 g/mol. The number of ether oxygens (including phenoxy) is 1. The number of rotatable bonds is 8. The van der Waals surface area contributed by atoms with E-state index in [0.717, 1.165) is 24.3 Å². The molecular formula is C18H20O2S2. The minimum atomic E-state index is -0.354. The highest BCUT2D eigenvalue weighted by molar-refractivity contribution is 8.03. The molecule has 0 fully saturated rings. The summed E-state index contributed by atoms with van der Waals surface area (Å²) in [5.74, 6) is 1.15. The molecule has 2 rings (SSSR count). The van der Waals surface area contributed by atoms with Gasteiger partial charge in [-0.1, -0.05) is 43.0 Å². The molecule has 1 aromatic carbocycles. The van der Waals surface area contributed by atoms with Crippen LogP contribution in [0.2, 0.25) is 0 Å². The van der Waals surface area contributed by atoms with Crippen molar-refractivity contribution >= 4 is 29.5 Å². The van der Waals surface area contributed by atoms with Crippen LogP contribution in [0.1, 0.15) is 12.8 Å². The quantitative estimate of drug-likeness (QED) is 0.386. The van der Waals surface area contributed by atoms with Crippen LogP contribution in [0.5, 0.6) is 0 Å². The van der Waals surface area contributed by atoms with Crippen molar-refractivity contribution in [2.24, 2.45) is 0 Å². The molecule has 22 heavy (non-hydrogen) atoms. The Kier molecular flexibility index (Phi) is 7.40. The number of thioether (sulfide) groups is 2. The largest absolute Gasteiger partial charge is 0.457 e. The van der Waals surface area contributed by atoms with Gasteiger partial charge in [0.1, 0.15) is 6.10 Å². The van der Waals surface area contributed by atoms with Gasteiger partial charge in [0.25, 0.3) is 0 Å². The van der Waals surface area contributed by atoms with Crippen LogP contribution in [0.25, 0.3) is 0 Å². The minimum Gasteiger partial charge on any atom is -0.457 e. The molecule has 2 nitrogen and oxygen atoms in total. The van der Waals surface area contributed by atoms with Crippen molar-refractivity contribution in [2.45, 2.75) is 23.8 Å². The van der Waals surface area contributed by atoms with Gasteiger partial charge in [-0.3, -0.25) is 0 Å². The molecule has 0 bridgehead atoms. The van der Waals surface area contributed by atoms with E-state index in [9.17, 15) is 4.79 Å². The molecule has 0 amide bonds. The SMILES string of the molecule is C=CC(=O)OC(CSC1=CCCC=C1)CSc1ccccc1. The Bertz CT molecular complexity index is 549. The van der Waals surface area contributed by atoms with E-state index in [4.69, 9.17) is 4.74 Å². The van der Waals surface area contributed by atoms with Gasteiger partial charge in [0.05, 0.1) is 0 Å². The van der Waals surface area contributed by atoms with Gasteiger partial charge in [-0.05, 0) is 25.0 Å². The average molecular weight is 332 g/mol. The first kappa shape index (κ1) is 17.0. The zero-order chi connectivity index (χ0) is 15.6. The predicted molar refractivity (Wildman–Crippen MR) is 96.2 cm³/mol. The van der Waals surface area contributed by atoms with E-state index in [1.54, 1.807) is 23.5 Å². The molecule has 1 aliphatic carbocycles. The fourth-order valence-electron chi connectivity index (χ4n) is 1.92. The topological polar surface area (TPSA) is 26.3 Å². The summed E-state index contributed by atoms with van der Waals surface area (Å²) in [6, 6.07) is 10.2. The van der Waals surface area contributed by atoms with Crippen LogP contribution in [0, 0.1) is 0 Å². The normalized spacial score (nSPS) is 15.0. The summed E-state index contributed by atoms with van der Waals surface area (Å²) in [6.07, 6.45) is 9.87. The lowest BCUT2D eigenvalue weighted by Crippen LogP contribution is -2.22. The number of esters is 1. The highest BCUT2D eigenvalue weighted by Gasteiger charge is 2.14. The zero-order valence-electron chi connectivity index (χ0n) is 12.4. The number of allylic oxidation sites excluding steroid dienone is 3. The Morgan fingerprint density at radius 3 is 2.68 bits per heavy atom. The molecule has 0 saturated heterocycles. The lowest BCUT2D eigenvalue weighted by Gasteiger charge is -2.17. The van der Waals surface area contributed by atoms with Crippen LogP contribution < -0.4 is 0 Å². The van der Waals surface area contributed by atoms with Crippen molar-refractivity contribution in [3.05, 3.63) is 66.1 Å². The van der Waals surface area contributed by atoms with E-state index < -0.39 is 0 Å². The summed E-state index contributed by atoms with van der Waals surface area (Å²) in [5.41, 5.74) is 0. The Hall–Kier alpha value is -1.39. The van der Waals surface area contributed by atoms with E-state index in [1.807, 2.05) is 18.2 Å². The second-order valence-corrected chi connectivity index (χ2v) is 6.97. The zero-order valence-corrected chi connectivity index (χ0v) is 14.1. The maximum atomic E-state index is 11.5. The molecule has 0 aliphatic heterocycles. The molecule has 1 atom stereocenters. The van der Waals surface area contributed by atoms with E-state index in [1.165, 1.54) is 15.9 Å². The number of carbonyl (C=O) groups excluding carboxylic acids is 1. The summed E-state index contributed by atoms with van der Waals surface area (Å²) >= 11 is 3.45. The second kappa shape index (κ2) is 9.59. The van der Waals surface area contributed by atoms with Gasteiger partial charge < -0.3 is 4.74 Å². The number of benzene rings is 1. The summed E-state index contributed by atoms with van der Waals surface area (Å²) in [4.78, 5) is 13.9. The van der Waals surface area contributed by atoms with Gasteiger partial charge in [0.15, 0.2) is 0 Å². The van der Waals surface area contributed by atoms with Crippen molar-refractivity contribution in [1.82, 2.24) is 0 Å². The summed E-state index contributed by atoms with van der Waals surface area (Å²) < 4.78 is 5.46. The third kappa shape index (κ3) is 6.16. The lowest BCUT2D eigenvalue weighted by atomic mass is 10.2. The standard InChI is InChI=1S/C18H20O2S2/c1-2-18(19)20-15(13-21-16-9-5-3-6-10-16)14-22-17-11-7-4-8-12-17/h2-3,5-7,9-12,15H,1,4,8,13-14H2. The highest BCUT2D eigenvalue weighted by Crippen LogP contribution is 2.26. The maximum Gasteiger partial charge on any atom is 0.330 e.